The maximum Gasteiger partial charge on any atom is 0.303 e. The van der Waals surface area contributed by atoms with Crippen LogP contribution in [0.15, 0.2) is 42.9 Å². The molecule has 0 radical (unpaired) electrons. The molecule has 1 atom stereocenters. The van der Waals surface area contributed by atoms with Gasteiger partial charge in [0.05, 0.1) is 35.2 Å². The SMILES string of the molecule is CC(=O)OCc1nc2c(-c3ccc(F)cc3F)nccc2nc1C.c1nn(C2CC2)cc1[C@H]1CCCCO1. The van der Waals surface area contributed by atoms with Crippen molar-refractivity contribution in [1.82, 2.24) is 24.7 Å². The number of nitrogens with zero attached hydrogens (tertiary/aromatic N) is 5. The van der Waals surface area contributed by atoms with Gasteiger partial charge in [0, 0.05) is 43.1 Å². The molecule has 1 aliphatic carbocycles. The van der Waals surface area contributed by atoms with Crippen LogP contribution in [0.25, 0.3) is 22.3 Å². The minimum atomic E-state index is -0.737. The van der Waals surface area contributed by atoms with Crippen molar-refractivity contribution in [3.05, 3.63) is 71.4 Å². The monoisotopic (exact) mass is 521 g/mol. The lowest BCUT2D eigenvalue weighted by atomic mass is 10.0. The third kappa shape index (κ3) is 6.02. The van der Waals surface area contributed by atoms with Crippen LogP contribution >= 0.6 is 0 Å². The van der Waals surface area contributed by atoms with Gasteiger partial charge in [-0.3, -0.25) is 14.5 Å². The van der Waals surface area contributed by atoms with Crippen LogP contribution in [0.5, 0.6) is 0 Å². The van der Waals surface area contributed by atoms with E-state index in [1.807, 2.05) is 6.20 Å². The Kier molecular flexibility index (Phi) is 7.69. The lowest BCUT2D eigenvalue weighted by molar-refractivity contribution is -0.142. The fraction of sp³-hybridized carbons (Fsp3) is 0.393. The molecule has 1 aliphatic heterocycles. The van der Waals surface area contributed by atoms with E-state index in [1.54, 1.807) is 13.0 Å². The topological polar surface area (TPSA) is 92.0 Å². The molecule has 6 rings (SSSR count). The predicted octanol–water partition coefficient (Wildman–Crippen LogP) is 5.80. The maximum absolute atomic E-state index is 14.1. The zero-order valence-corrected chi connectivity index (χ0v) is 21.4. The molecule has 0 bridgehead atoms. The Balaban J connectivity index is 0.000000177. The number of benzene rings is 1. The standard InChI is InChI=1S/C17H13F2N3O2.C11H16N2O/c1-9-15(8-24-10(2)23)22-17-14(21-9)5-6-20-16(17)12-4-3-11(18)7-13(12)19;1-2-6-14-11(3-1)9-7-12-13(8-9)10-4-5-10/h3-7H,8H2,1-2H3;7-8,10-11H,1-6H2/t;11-/m.1/s1. The van der Waals surface area contributed by atoms with Crippen LogP contribution in [0.4, 0.5) is 8.78 Å². The van der Waals surface area contributed by atoms with Gasteiger partial charge < -0.3 is 9.47 Å². The van der Waals surface area contributed by atoms with Crippen molar-refractivity contribution in [2.24, 2.45) is 0 Å². The number of hydrogen-bond acceptors (Lipinski definition) is 7. The van der Waals surface area contributed by atoms with E-state index in [0.717, 1.165) is 25.2 Å². The lowest BCUT2D eigenvalue weighted by Gasteiger charge is -2.21. The number of fused-ring (bicyclic) bond motifs is 1. The number of carbonyl (C=O) groups is 1. The summed E-state index contributed by atoms with van der Waals surface area (Å²) in [7, 11) is 0. The Labute approximate surface area is 219 Å². The number of esters is 1. The quantitative estimate of drug-likeness (QED) is 0.307. The van der Waals surface area contributed by atoms with E-state index < -0.39 is 17.6 Å². The fourth-order valence-electron chi connectivity index (χ4n) is 4.35. The Hall–Kier alpha value is -3.79. The number of aromatic nitrogens is 5. The second-order valence-electron chi connectivity index (χ2n) is 9.53. The van der Waals surface area contributed by atoms with E-state index in [-0.39, 0.29) is 17.9 Å². The van der Waals surface area contributed by atoms with Crippen molar-refractivity contribution in [3.63, 3.8) is 0 Å². The second-order valence-corrected chi connectivity index (χ2v) is 9.53. The smallest absolute Gasteiger partial charge is 0.303 e. The Morgan fingerprint density at radius 3 is 2.71 bits per heavy atom. The van der Waals surface area contributed by atoms with Crippen LogP contribution < -0.4 is 0 Å². The van der Waals surface area contributed by atoms with Crippen LogP contribution in [0.2, 0.25) is 0 Å². The van der Waals surface area contributed by atoms with Gasteiger partial charge in [0.1, 0.15) is 29.5 Å². The van der Waals surface area contributed by atoms with E-state index in [1.165, 1.54) is 50.4 Å². The molecular formula is C28H29F2N5O3. The third-order valence-electron chi connectivity index (χ3n) is 6.55. The first-order valence-electron chi connectivity index (χ1n) is 12.8. The van der Waals surface area contributed by atoms with Gasteiger partial charge in [0.2, 0.25) is 0 Å². The third-order valence-corrected chi connectivity index (χ3v) is 6.55. The molecular weight excluding hydrogens is 492 g/mol. The van der Waals surface area contributed by atoms with Crippen LogP contribution in [0.1, 0.15) is 68.1 Å². The van der Waals surface area contributed by atoms with Crippen LogP contribution in [-0.4, -0.2) is 37.3 Å². The van der Waals surface area contributed by atoms with E-state index >= 15 is 0 Å². The summed E-state index contributed by atoms with van der Waals surface area (Å²) in [5, 5.41) is 4.39. The molecule has 1 saturated heterocycles. The molecule has 0 amide bonds. The van der Waals surface area contributed by atoms with E-state index in [2.05, 4.69) is 30.9 Å². The van der Waals surface area contributed by atoms with Crippen molar-refractivity contribution in [2.45, 2.75) is 64.7 Å². The van der Waals surface area contributed by atoms with Gasteiger partial charge >= 0.3 is 5.97 Å². The van der Waals surface area contributed by atoms with Crippen LogP contribution in [0, 0.1) is 18.6 Å². The van der Waals surface area contributed by atoms with Gasteiger partial charge in [-0.25, -0.2) is 18.7 Å². The highest BCUT2D eigenvalue weighted by Gasteiger charge is 2.26. The second kappa shape index (κ2) is 11.3. The molecule has 10 heteroatoms. The molecule has 1 aromatic carbocycles. The number of carbonyl (C=O) groups excluding carboxylic acids is 1. The zero-order chi connectivity index (χ0) is 26.6. The van der Waals surface area contributed by atoms with Crippen molar-refractivity contribution in [1.29, 1.82) is 0 Å². The molecule has 2 fully saturated rings. The fourth-order valence-corrected chi connectivity index (χ4v) is 4.35. The van der Waals surface area contributed by atoms with Crippen molar-refractivity contribution in [2.75, 3.05) is 6.61 Å². The molecule has 0 spiro atoms. The summed E-state index contributed by atoms with van der Waals surface area (Å²) in [6.45, 7) is 3.91. The van der Waals surface area contributed by atoms with Gasteiger partial charge in [-0.2, -0.15) is 5.10 Å². The molecule has 2 aliphatic rings. The van der Waals surface area contributed by atoms with E-state index in [4.69, 9.17) is 9.47 Å². The highest BCUT2D eigenvalue weighted by atomic mass is 19.1. The largest absolute Gasteiger partial charge is 0.459 e. The molecule has 0 N–H and O–H groups in total. The summed E-state index contributed by atoms with van der Waals surface area (Å²) >= 11 is 0. The van der Waals surface area contributed by atoms with Crippen molar-refractivity contribution < 1.29 is 23.0 Å². The van der Waals surface area contributed by atoms with Crippen LogP contribution in [0.3, 0.4) is 0 Å². The van der Waals surface area contributed by atoms with Crippen molar-refractivity contribution in [3.8, 4) is 11.3 Å². The Morgan fingerprint density at radius 1 is 1.16 bits per heavy atom. The molecule has 8 nitrogen and oxygen atoms in total. The van der Waals surface area contributed by atoms with Crippen LogP contribution in [-0.2, 0) is 20.9 Å². The molecule has 38 heavy (non-hydrogen) atoms. The predicted molar refractivity (Wildman–Crippen MR) is 136 cm³/mol. The summed E-state index contributed by atoms with van der Waals surface area (Å²) < 4.78 is 40.0. The average Bonchev–Trinajstić information content (AvgIpc) is 3.64. The van der Waals surface area contributed by atoms with Gasteiger partial charge in [-0.1, -0.05) is 0 Å². The highest BCUT2D eigenvalue weighted by Crippen LogP contribution is 2.36. The zero-order valence-electron chi connectivity index (χ0n) is 21.4. The number of halogens is 2. The number of aryl methyl sites for hydroxylation is 1. The first-order chi connectivity index (χ1) is 18.4. The van der Waals surface area contributed by atoms with E-state index in [0.29, 0.717) is 34.6 Å². The summed E-state index contributed by atoms with van der Waals surface area (Å²) in [5.41, 5.74) is 3.58. The summed E-state index contributed by atoms with van der Waals surface area (Å²) in [4.78, 5) is 24.0. The van der Waals surface area contributed by atoms with Gasteiger partial charge in [0.15, 0.2) is 0 Å². The average molecular weight is 522 g/mol. The minimum Gasteiger partial charge on any atom is -0.459 e. The number of ether oxygens (including phenoxy) is 2. The lowest BCUT2D eigenvalue weighted by Crippen LogP contribution is -2.10. The molecule has 1 saturated carbocycles. The van der Waals surface area contributed by atoms with Gasteiger partial charge in [0.25, 0.3) is 0 Å². The number of rotatable bonds is 5. The molecule has 198 valence electrons. The van der Waals surface area contributed by atoms with Gasteiger partial charge in [-0.15, -0.1) is 0 Å². The summed E-state index contributed by atoms with van der Waals surface area (Å²) in [6, 6.07) is 5.58. The van der Waals surface area contributed by atoms with E-state index in [9.17, 15) is 13.6 Å². The Morgan fingerprint density at radius 2 is 2.00 bits per heavy atom. The first-order valence-corrected chi connectivity index (χ1v) is 12.8. The number of pyridine rings is 1. The minimum absolute atomic E-state index is 0.0374. The summed E-state index contributed by atoms with van der Waals surface area (Å²) in [5.74, 6) is -1.85. The molecule has 3 aromatic heterocycles. The number of hydrogen-bond donors (Lipinski definition) is 0. The summed E-state index contributed by atoms with van der Waals surface area (Å²) in [6.07, 6.45) is 12.2. The first kappa shape index (κ1) is 25.8. The Bertz CT molecular complexity index is 1450. The van der Waals surface area contributed by atoms with Gasteiger partial charge in [-0.05, 0) is 57.2 Å². The van der Waals surface area contributed by atoms with Crippen molar-refractivity contribution >= 4 is 17.0 Å². The molecule has 0 unspecified atom stereocenters. The molecule has 4 heterocycles. The molecule has 4 aromatic rings. The maximum atomic E-state index is 14.1. The highest BCUT2D eigenvalue weighted by molar-refractivity contribution is 5.89. The normalized spacial score (nSPS) is 17.1.